The predicted molar refractivity (Wildman–Crippen MR) is 81.6 cm³/mol. The van der Waals surface area contributed by atoms with Crippen LogP contribution < -0.4 is 0 Å². The normalized spacial score (nSPS) is 14.8. The van der Waals surface area contributed by atoms with Crippen LogP contribution in [-0.2, 0) is 5.41 Å². The van der Waals surface area contributed by atoms with E-state index in [-0.39, 0.29) is 17.0 Å². The molecule has 3 rings (SSSR count). The summed E-state index contributed by atoms with van der Waals surface area (Å²) in [5.74, 6) is -0.896. The van der Waals surface area contributed by atoms with Gasteiger partial charge in [0.2, 0.25) is 0 Å². The Morgan fingerprint density at radius 1 is 1.50 bits per heavy atom. The molecule has 2 aromatic rings. The second kappa shape index (κ2) is 4.92. The van der Waals surface area contributed by atoms with E-state index in [9.17, 15) is 15.2 Å². The molecule has 0 amide bonds. The van der Waals surface area contributed by atoms with Crippen molar-refractivity contribution in [3.8, 4) is 11.1 Å². The Morgan fingerprint density at radius 3 is 2.68 bits per heavy atom. The van der Waals surface area contributed by atoms with Crippen LogP contribution in [0.3, 0.4) is 0 Å². The molecule has 1 saturated carbocycles. The summed E-state index contributed by atoms with van der Waals surface area (Å²) in [4.78, 5) is 11.3. The van der Waals surface area contributed by atoms with Gasteiger partial charge >= 0.3 is 5.97 Å². The molecule has 1 fully saturated rings. The maximum Gasteiger partial charge on any atom is 0.358 e. The van der Waals surface area contributed by atoms with E-state index in [2.05, 4.69) is 16.4 Å². The van der Waals surface area contributed by atoms with Crippen molar-refractivity contribution in [1.82, 2.24) is 15.0 Å². The van der Waals surface area contributed by atoms with Crippen LogP contribution in [0.15, 0.2) is 5.38 Å². The Hall–Kier alpha value is -2.20. The molecule has 0 aliphatic heterocycles. The molecular weight excluding hydrogens is 300 g/mol. The summed E-state index contributed by atoms with van der Waals surface area (Å²) in [5, 5.41) is 29.3. The summed E-state index contributed by atoms with van der Waals surface area (Å²) in [5.41, 5.74) is 1.96. The van der Waals surface area contributed by atoms with Crippen molar-refractivity contribution >= 4 is 17.3 Å². The molecule has 2 aromatic heterocycles. The Bertz CT molecular complexity index is 788. The summed E-state index contributed by atoms with van der Waals surface area (Å²) in [6.45, 7) is 6.14. The summed E-state index contributed by atoms with van der Waals surface area (Å²) in [6, 6.07) is 2.25. The summed E-state index contributed by atoms with van der Waals surface area (Å²) >= 11 is 1.41. The van der Waals surface area contributed by atoms with Crippen LogP contribution in [0.25, 0.3) is 5.00 Å². The number of aromatic nitrogens is 3. The maximum absolute atomic E-state index is 11.3. The van der Waals surface area contributed by atoms with Gasteiger partial charge in [0.1, 0.15) is 11.1 Å². The van der Waals surface area contributed by atoms with Crippen molar-refractivity contribution < 1.29 is 9.90 Å². The number of nitriles is 1. The molecule has 1 aliphatic carbocycles. The monoisotopic (exact) mass is 316 g/mol. The fraction of sp³-hybridized carbons (Fsp3) is 0.467. The summed E-state index contributed by atoms with van der Waals surface area (Å²) in [6.07, 6.45) is 1.88. The number of rotatable bonds is 3. The van der Waals surface area contributed by atoms with Crippen LogP contribution in [0.4, 0.5) is 0 Å². The van der Waals surface area contributed by atoms with E-state index in [1.807, 2.05) is 26.2 Å². The third-order valence-electron chi connectivity index (χ3n) is 3.76. The number of carboxylic acids is 1. The molecule has 2 heterocycles. The number of nitrogens with zero attached hydrogens (tertiary/aromatic N) is 4. The predicted octanol–water partition coefficient (Wildman–Crippen LogP) is 3.07. The Kier molecular flexibility index (Phi) is 3.29. The first-order valence-corrected chi connectivity index (χ1v) is 7.94. The second-order valence-electron chi connectivity index (χ2n) is 6.51. The molecular formula is C15H16N4O2S. The number of carboxylic acid groups (broad SMARTS) is 1. The van der Waals surface area contributed by atoms with Crippen LogP contribution >= 0.6 is 11.3 Å². The molecule has 6 nitrogen and oxygen atoms in total. The highest BCUT2D eigenvalue weighted by molar-refractivity contribution is 7.13. The van der Waals surface area contributed by atoms with E-state index >= 15 is 0 Å². The molecule has 0 aromatic carbocycles. The molecule has 0 unspecified atom stereocenters. The fourth-order valence-electron chi connectivity index (χ4n) is 2.48. The van der Waals surface area contributed by atoms with Gasteiger partial charge in [-0.25, -0.2) is 9.48 Å². The largest absolute Gasteiger partial charge is 0.476 e. The highest BCUT2D eigenvalue weighted by atomic mass is 32.1. The third kappa shape index (κ3) is 2.29. The number of thiophene rings is 1. The van der Waals surface area contributed by atoms with E-state index in [1.54, 1.807) is 4.68 Å². The zero-order valence-electron chi connectivity index (χ0n) is 12.6. The van der Waals surface area contributed by atoms with Gasteiger partial charge in [-0.05, 0) is 29.2 Å². The Morgan fingerprint density at radius 2 is 2.18 bits per heavy atom. The van der Waals surface area contributed by atoms with Gasteiger partial charge < -0.3 is 5.11 Å². The highest BCUT2D eigenvalue weighted by Gasteiger charge is 2.35. The lowest BCUT2D eigenvalue weighted by Crippen LogP contribution is -2.12. The first-order valence-electron chi connectivity index (χ1n) is 7.06. The topological polar surface area (TPSA) is 91.8 Å². The van der Waals surface area contributed by atoms with Crippen LogP contribution in [0.1, 0.15) is 66.8 Å². The lowest BCUT2D eigenvalue weighted by atomic mass is 9.86. The molecule has 1 aliphatic rings. The van der Waals surface area contributed by atoms with Crippen molar-refractivity contribution in [3.63, 3.8) is 0 Å². The number of hydrogen-bond donors (Lipinski definition) is 1. The minimum Gasteiger partial charge on any atom is -0.476 e. The van der Waals surface area contributed by atoms with Gasteiger partial charge in [-0.2, -0.15) is 5.26 Å². The maximum atomic E-state index is 11.3. The van der Waals surface area contributed by atoms with Gasteiger partial charge in [0.25, 0.3) is 0 Å². The van der Waals surface area contributed by atoms with Gasteiger partial charge in [0, 0.05) is 5.92 Å². The lowest BCUT2D eigenvalue weighted by Gasteiger charge is -2.17. The number of carbonyl (C=O) groups is 1. The zero-order valence-corrected chi connectivity index (χ0v) is 13.4. The van der Waals surface area contributed by atoms with E-state index in [0.29, 0.717) is 16.3 Å². The molecule has 114 valence electrons. The molecule has 0 atom stereocenters. The van der Waals surface area contributed by atoms with Gasteiger partial charge in [0.15, 0.2) is 5.69 Å². The molecule has 7 heteroatoms. The average Bonchev–Trinajstić information content (AvgIpc) is 3.02. The zero-order chi connectivity index (χ0) is 16.1. The smallest absolute Gasteiger partial charge is 0.358 e. The summed E-state index contributed by atoms with van der Waals surface area (Å²) < 4.78 is 1.56. The van der Waals surface area contributed by atoms with Crippen molar-refractivity contribution in [3.05, 3.63) is 27.9 Å². The van der Waals surface area contributed by atoms with E-state index in [1.165, 1.54) is 11.3 Å². The molecule has 0 radical (unpaired) electrons. The van der Waals surface area contributed by atoms with E-state index in [4.69, 9.17) is 0 Å². The van der Waals surface area contributed by atoms with Gasteiger partial charge in [-0.15, -0.1) is 16.4 Å². The molecule has 1 N–H and O–H groups in total. The average molecular weight is 316 g/mol. The minimum absolute atomic E-state index is 0.00269. The highest BCUT2D eigenvalue weighted by Crippen LogP contribution is 2.43. The standard InChI is InChI=1S/C15H16N4O2S/c1-15(2,3)10-7-22-13(9(10)6-16)19-12(8-4-5-8)11(14(20)21)17-18-19/h7-8H,4-5H2,1-3H3,(H,20,21). The van der Waals surface area contributed by atoms with Crippen molar-refractivity contribution in [1.29, 1.82) is 5.26 Å². The Labute approximate surface area is 132 Å². The first kappa shape index (κ1) is 14.7. The van der Waals surface area contributed by atoms with E-state index < -0.39 is 5.97 Å². The van der Waals surface area contributed by atoms with Crippen LogP contribution in [0.5, 0.6) is 0 Å². The molecule has 22 heavy (non-hydrogen) atoms. The van der Waals surface area contributed by atoms with Gasteiger partial charge in [-0.3, -0.25) is 0 Å². The molecule has 0 saturated heterocycles. The van der Waals surface area contributed by atoms with Crippen molar-refractivity contribution in [2.45, 2.75) is 44.9 Å². The van der Waals surface area contributed by atoms with Gasteiger partial charge in [-0.1, -0.05) is 26.0 Å². The SMILES string of the molecule is CC(C)(C)c1csc(-n2nnc(C(=O)O)c2C2CC2)c1C#N. The van der Waals surface area contributed by atoms with Crippen molar-refractivity contribution in [2.24, 2.45) is 0 Å². The quantitative estimate of drug-likeness (QED) is 0.939. The Balaban J connectivity index is 2.19. The van der Waals surface area contributed by atoms with Gasteiger partial charge in [0.05, 0.1) is 11.3 Å². The molecule has 0 spiro atoms. The minimum atomic E-state index is -1.07. The van der Waals surface area contributed by atoms with E-state index in [0.717, 1.165) is 18.4 Å². The number of hydrogen-bond acceptors (Lipinski definition) is 5. The van der Waals surface area contributed by atoms with Crippen LogP contribution in [0, 0.1) is 11.3 Å². The molecule has 0 bridgehead atoms. The van der Waals surface area contributed by atoms with Crippen LogP contribution in [-0.4, -0.2) is 26.1 Å². The first-order chi connectivity index (χ1) is 10.3. The third-order valence-corrected chi connectivity index (χ3v) is 4.71. The summed E-state index contributed by atoms with van der Waals surface area (Å²) in [7, 11) is 0. The van der Waals surface area contributed by atoms with Crippen LogP contribution in [0.2, 0.25) is 0 Å². The number of aromatic carboxylic acids is 1. The lowest BCUT2D eigenvalue weighted by molar-refractivity contribution is 0.0689. The fourth-order valence-corrected chi connectivity index (χ4v) is 3.69. The van der Waals surface area contributed by atoms with Crippen molar-refractivity contribution in [2.75, 3.05) is 0 Å². The second-order valence-corrected chi connectivity index (χ2v) is 7.36.